The van der Waals surface area contributed by atoms with Crippen molar-refractivity contribution in [2.45, 2.75) is 0 Å². The number of nitrogens with zero attached hydrogens (tertiary/aromatic N) is 2. The van der Waals surface area contributed by atoms with E-state index in [1.807, 2.05) is 59.2 Å². The number of para-hydroxylation sites is 1. The van der Waals surface area contributed by atoms with Crippen molar-refractivity contribution in [3.63, 3.8) is 0 Å². The van der Waals surface area contributed by atoms with E-state index in [4.69, 9.17) is 10.6 Å². The largest absolute Gasteiger partial charge is 0.497 e. The van der Waals surface area contributed by atoms with Gasteiger partial charge in [-0.1, -0.05) is 18.2 Å². The second-order valence-electron chi connectivity index (χ2n) is 4.43. The zero-order valence-electron chi connectivity index (χ0n) is 11.6. The molecule has 5 heteroatoms. The number of methoxy groups -OCH3 is 1. The molecule has 0 saturated carbocycles. The Kier molecular flexibility index (Phi) is 3.75. The monoisotopic (exact) mass is 297 g/mol. The Hall–Kier alpha value is -2.53. The molecule has 0 atom stereocenters. The Morgan fingerprint density at radius 1 is 1.05 bits per heavy atom. The fraction of sp³-hybridized carbons (Fsp3) is 0.0625. The molecule has 3 rings (SSSR count). The fourth-order valence-electron chi connectivity index (χ4n) is 2.19. The van der Waals surface area contributed by atoms with Crippen molar-refractivity contribution in [3.05, 3.63) is 64.8 Å². The minimum atomic E-state index is 0.756. The van der Waals surface area contributed by atoms with E-state index in [2.05, 4.69) is 10.5 Å². The van der Waals surface area contributed by atoms with Gasteiger partial charge in [-0.15, -0.1) is 11.3 Å². The highest BCUT2D eigenvalue weighted by molar-refractivity contribution is 7.07. The van der Waals surface area contributed by atoms with Crippen LogP contribution in [0.25, 0.3) is 16.9 Å². The summed E-state index contributed by atoms with van der Waals surface area (Å²) in [5, 5.41) is 5.94. The van der Waals surface area contributed by atoms with Gasteiger partial charge in [-0.2, -0.15) is 5.10 Å². The molecule has 0 saturated heterocycles. The molecule has 0 fully saturated rings. The number of hydrogen-bond donors (Lipinski definition) is 1. The Morgan fingerprint density at radius 2 is 1.76 bits per heavy atom. The zero-order valence-corrected chi connectivity index (χ0v) is 12.4. The van der Waals surface area contributed by atoms with Crippen LogP contribution >= 0.6 is 11.3 Å². The van der Waals surface area contributed by atoms with Crippen LogP contribution in [0.4, 0.5) is 0 Å². The van der Waals surface area contributed by atoms with Crippen molar-refractivity contribution >= 4 is 11.3 Å². The van der Waals surface area contributed by atoms with Crippen molar-refractivity contribution < 1.29 is 4.74 Å². The predicted octanol–water partition coefficient (Wildman–Crippen LogP) is 2.99. The quantitative estimate of drug-likeness (QED) is 0.597. The van der Waals surface area contributed by atoms with E-state index in [9.17, 15) is 0 Å². The van der Waals surface area contributed by atoms with E-state index in [0.717, 1.165) is 27.5 Å². The predicted molar refractivity (Wildman–Crippen MR) is 85.4 cm³/mol. The normalized spacial score (nSPS) is 11.6. The van der Waals surface area contributed by atoms with Crippen LogP contribution in [0.3, 0.4) is 0 Å². The number of benzene rings is 2. The molecule has 4 nitrogen and oxygen atoms in total. The lowest BCUT2D eigenvalue weighted by Gasteiger charge is -2.09. The van der Waals surface area contributed by atoms with E-state index in [0.29, 0.717) is 0 Å². The second-order valence-corrected chi connectivity index (χ2v) is 5.27. The molecule has 0 amide bonds. The van der Waals surface area contributed by atoms with E-state index in [1.54, 1.807) is 7.11 Å². The van der Waals surface area contributed by atoms with Gasteiger partial charge in [-0.05, 0) is 42.0 Å². The summed E-state index contributed by atoms with van der Waals surface area (Å²) in [6, 6.07) is 18.0. The summed E-state index contributed by atoms with van der Waals surface area (Å²) in [7, 11) is 1.66. The molecular weight excluding hydrogens is 282 g/mol. The van der Waals surface area contributed by atoms with Crippen molar-refractivity contribution in [2.24, 2.45) is 10.9 Å². The van der Waals surface area contributed by atoms with Crippen LogP contribution < -0.4 is 15.4 Å². The number of rotatable bonds is 3. The number of nitrogens with two attached hydrogens (primary N) is 1. The van der Waals surface area contributed by atoms with Gasteiger partial charge in [0.15, 0.2) is 0 Å². The molecule has 21 heavy (non-hydrogen) atoms. The number of ether oxygens (including phenoxy) is 1. The van der Waals surface area contributed by atoms with Gasteiger partial charge in [0.05, 0.1) is 12.8 Å². The molecular formula is C16H15N3OS. The molecule has 0 unspecified atom stereocenters. The molecule has 0 spiro atoms. The molecule has 0 aliphatic carbocycles. The summed E-state index contributed by atoms with van der Waals surface area (Å²) >= 11 is 1.52. The minimum absolute atomic E-state index is 0.756. The highest BCUT2D eigenvalue weighted by Gasteiger charge is 2.09. The topological polar surface area (TPSA) is 52.5 Å². The molecule has 0 aliphatic heterocycles. The highest BCUT2D eigenvalue weighted by Crippen LogP contribution is 2.25. The molecule has 3 aromatic rings. The SMILES string of the molecule is COc1ccc(-c2cs/c(=N/N)n2-c2ccccc2)cc1. The smallest absolute Gasteiger partial charge is 0.212 e. The first kappa shape index (κ1) is 13.5. The average Bonchev–Trinajstić information content (AvgIpc) is 2.99. The van der Waals surface area contributed by atoms with Crippen molar-refractivity contribution in [3.8, 4) is 22.7 Å². The maximum atomic E-state index is 5.52. The Balaban J connectivity index is 2.17. The standard InChI is InChI=1S/C16H15N3OS/c1-20-14-9-7-12(8-10-14)15-11-21-16(18-17)19(15)13-5-3-2-4-6-13/h2-11H,17H2,1H3/b18-16+. The summed E-state index contributed by atoms with van der Waals surface area (Å²) in [4.78, 5) is 0.756. The Morgan fingerprint density at radius 3 is 2.38 bits per heavy atom. The number of aromatic nitrogens is 1. The van der Waals surface area contributed by atoms with E-state index in [-0.39, 0.29) is 0 Å². The van der Waals surface area contributed by atoms with Gasteiger partial charge in [0.2, 0.25) is 4.80 Å². The van der Waals surface area contributed by atoms with Gasteiger partial charge in [0.25, 0.3) is 0 Å². The number of thiazole rings is 1. The van der Waals surface area contributed by atoms with Crippen molar-refractivity contribution in [1.82, 2.24) is 4.57 Å². The van der Waals surface area contributed by atoms with E-state index < -0.39 is 0 Å². The molecule has 2 aromatic carbocycles. The van der Waals surface area contributed by atoms with Crippen LogP contribution in [0.1, 0.15) is 0 Å². The van der Waals surface area contributed by atoms with Gasteiger partial charge in [0, 0.05) is 11.1 Å². The van der Waals surface area contributed by atoms with Gasteiger partial charge < -0.3 is 10.6 Å². The van der Waals surface area contributed by atoms with Gasteiger partial charge in [-0.25, -0.2) is 0 Å². The molecule has 106 valence electrons. The molecule has 2 N–H and O–H groups in total. The molecule has 0 bridgehead atoms. The maximum Gasteiger partial charge on any atom is 0.212 e. The van der Waals surface area contributed by atoms with E-state index >= 15 is 0 Å². The zero-order chi connectivity index (χ0) is 14.7. The van der Waals surface area contributed by atoms with Crippen molar-refractivity contribution in [2.75, 3.05) is 7.11 Å². The van der Waals surface area contributed by atoms with Gasteiger partial charge in [0.1, 0.15) is 5.75 Å². The van der Waals surface area contributed by atoms with Crippen LogP contribution in [0.15, 0.2) is 65.1 Å². The second kappa shape index (κ2) is 5.85. The third-order valence-electron chi connectivity index (χ3n) is 3.22. The van der Waals surface area contributed by atoms with Gasteiger partial charge >= 0.3 is 0 Å². The minimum Gasteiger partial charge on any atom is -0.497 e. The lowest BCUT2D eigenvalue weighted by Crippen LogP contribution is -2.15. The van der Waals surface area contributed by atoms with Crippen LogP contribution in [0.2, 0.25) is 0 Å². The third kappa shape index (κ3) is 2.55. The fourth-order valence-corrected chi connectivity index (χ4v) is 3.02. The maximum absolute atomic E-state index is 5.52. The van der Waals surface area contributed by atoms with Crippen molar-refractivity contribution in [1.29, 1.82) is 0 Å². The molecule has 0 aliphatic rings. The van der Waals surface area contributed by atoms with Crippen LogP contribution in [0, 0.1) is 0 Å². The highest BCUT2D eigenvalue weighted by atomic mass is 32.1. The van der Waals surface area contributed by atoms with Crippen LogP contribution in [-0.2, 0) is 0 Å². The molecule has 0 radical (unpaired) electrons. The summed E-state index contributed by atoms with van der Waals surface area (Å²) in [6.07, 6.45) is 0. The summed E-state index contributed by atoms with van der Waals surface area (Å²) in [5.41, 5.74) is 3.18. The first-order valence-electron chi connectivity index (χ1n) is 6.48. The number of hydrogen-bond acceptors (Lipinski definition) is 4. The summed E-state index contributed by atoms with van der Waals surface area (Å²) < 4.78 is 7.25. The lowest BCUT2D eigenvalue weighted by atomic mass is 10.1. The summed E-state index contributed by atoms with van der Waals surface area (Å²) in [6.45, 7) is 0. The Bertz CT molecular complexity index is 788. The third-order valence-corrected chi connectivity index (χ3v) is 4.06. The lowest BCUT2D eigenvalue weighted by molar-refractivity contribution is 0.415. The van der Waals surface area contributed by atoms with Crippen LogP contribution in [-0.4, -0.2) is 11.7 Å². The first-order chi connectivity index (χ1) is 10.3. The summed E-state index contributed by atoms with van der Waals surface area (Å²) in [5.74, 6) is 6.36. The van der Waals surface area contributed by atoms with E-state index in [1.165, 1.54) is 11.3 Å². The molecule has 1 heterocycles. The molecule has 1 aromatic heterocycles. The van der Waals surface area contributed by atoms with Gasteiger partial charge in [-0.3, -0.25) is 4.57 Å². The average molecular weight is 297 g/mol. The first-order valence-corrected chi connectivity index (χ1v) is 7.36. The van der Waals surface area contributed by atoms with Crippen LogP contribution in [0.5, 0.6) is 5.75 Å². The Labute approximate surface area is 126 Å².